The normalized spacial score (nSPS) is 12.3. The molecule has 0 saturated heterocycles. The molecule has 6 heteroatoms. The van der Waals surface area contributed by atoms with Crippen molar-refractivity contribution in [1.29, 1.82) is 0 Å². The van der Waals surface area contributed by atoms with Gasteiger partial charge in [0.2, 0.25) is 0 Å². The van der Waals surface area contributed by atoms with E-state index in [0.29, 0.717) is 22.4 Å². The summed E-state index contributed by atoms with van der Waals surface area (Å²) in [5.74, 6) is 1.45. The molecule has 0 radical (unpaired) electrons. The summed E-state index contributed by atoms with van der Waals surface area (Å²) in [6.45, 7) is 0.684. The van der Waals surface area contributed by atoms with Gasteiger partial charge in [-0.1, -0.05) is 53.0 Å². The van der Waals surface area contributed by atoms with E-state index in [9.17, 15) is 5.11 Å². The lowest BCUT2D eigenvalue weighted by atomic mass is 10.2. The first-order valence-corrected chi connectivity index (χ1v) is 9.35. The van der Waals surface area contributed by atoms with Crippen LogP contribution >= 0.6 is 46.6 Å². The quantitative estimate of drug-likeness (QED) is 0.648. The van der Waals surface area contributed by atoms with E-state index in [0.717, 1.165) is 16.3 Å². The highest BCUT2D eigenvalue weighted by Crippen LogP contribution is 2.23. The third-order valence-electron chi connectivity index (χ3n) is 3.06. The summed E-state index contributed by atoms with van der Waals surface area (Å²) < 4.78 is 5.51. The third kappa shape index (κ3) is 6.92. The van der Waals surface area contributed by atoms with Crippen LogP contribution in [0.5, 0.6) is 0 Å². The molecule has 23 heavy (non-hydrogen) atoms. The lowest BCUT2D eigenvalue weighted by Crippen LogP contribution is -2.18. The van der Waals surface area contributed by atoms with Gasteiger partial charge in [0.05, 0.1) is 29.4 Å². The van der Waals surface area contributed by atoms with Gasteiger partial charge in [-0.25, -0.2) is 0 Å². The molecule has 0 saturated carbocycles. The molecule has 0 aliphatic heterocycles. The van der Waals surface area contributed by atoms with Crippen molar-refractivity contribution in [3.05, 3.63) is 68.7 Å². The summed E-state index contributed by atoms with van der Waals surface area (Å²) in [4.78, 5) is 0. The minimum Gasteiger partial charge on any atom is -0.390 e. The van der Waals surface area contributed by atoms with Crippen LogP contribution in [0.4, 0.5) is 0 Å². The van der Waals surface area contributed by atoms with Crippen LogP contribution < -0.4 is 0 Å². The fraction of sp³-hybridized carbons (Fsp3) is 0.294. The van der Waals surface area contributed by atoms with Crippen LogP contribution in [0.15, 0.2) is 42.5 Å². The Bertz CT molecular complexity index is 620. The third-order valence-corrected chi connectivity index (χ3v) is 5.20. The molecule has 0 aliphatic carbocycles. The first kappa shape index (κ1) is 18.9. The van der Waals surface area contributed by atoms with Crippen LogP contribution in [0, 0.1) is 0 Å². The Morgan fingerprint density at radius 2 is 1.65 bits per heavy atom. The predicted molar refractivity (Wildman–Crippen MR) is 99.7 cm³/mol. The Morgan fingerprint density at radius 3 is 2.35 bits per heavy atom. The largest absolute Gasteiger partial charge is 0.390 e. The molecule has 0 aliphatic rings. The minimum absolute atomic E-state index is 0.286. The van der Waals surface area contributed by atoms with Crippen LogP contribution in [-0.2, 0) is 17.1 Å². The Labute approximate surface area is 155 Å². The molecule has 0 amide bonds. The topological polar surface area (TPSA) is 29.5 Å². The number of hydrogen-bond acceptors (Lipinski definition) is 3. The number of thioether (sulfide) groups is 1. The van der Waals surface area contributed by atoms with Crippen LogP contribution in [0.25, 0.3) is 0 Å². The van der Waals surface area contributed by atoms with Crippen molar-refractivity contribution in [3.63, 3.8) is 0 Å². The maximum Gasteiger partial charge on any atom is 0.0864 e. The van der Waals surface area contributed by atoms with Gasteiger partial charge >= 0.3 is 0 Å². The molecular weight excluding hydrogens is 375 g/mol. The average Bonchev–Trinajstić information content (AvgIpc) is 2.53. The molecule has 1 N–H and O–H groups in total. The van der Waals surface area contributed by atoms with Gasteiger partial charge in [-0.15, -0.1) is 0 Å². The van der Waals surface area contributed by atoms with Crippen molar-refractivity contribution in [3.8, 4) is 0 Å². The number of benzene rings is 2. The first-order valence-electron chi connectivity index (χ1n) is 7.06. The van der Waals surface area contributed by atoms with Crippen molar-refractivity contribution in [1.82, 2.24) is 0 Å². The average molecular weight is 392 g/mol. The molecule has 2 aromatic rings. The number of halogens is 3. The Hall–Kier alpha value is -0.420. The zero-order chi connectivity index (χ0) is 16.7. The number of hydrogen-bond donors (Lipinski definition) is 1. The zero-order valence-corrected chi connectivity index (χ0v) is 15.4. The summed E-state index contributed by atoms with van der Waals surface area (Å²) in [6.07, 6.45) is -0.505. The second-order valence-corrected chi connectivity index (χ2v) is 7.34. The Balaban J connectivity index is 1.63. The zero-order valence-electron chi connectivity index (χ0n) is 12.3. The molecular formula is C17H17Cl3O2S. The molecule has 1 unspecified atom stereocenters. The monoisotopic (exact) mass is 390 g/mol. The summed E-state index contributed by atoms with van der Waals surface area (Å²) in [5, 5.41) is 11.7. The number of rotatable bonds is 8. The molecule has 124 valence electrons. The molecule has 0 spiro atoms. The van der Waals surface area contributed by atoms with E-state index in [4.69, 9.17) is 39.5 Å². The van der Waals surface area contributed by atoms with Gasteiger partial charge in [-0.2, -0.15) is 11.8 Å². The fourth-order valence-electron chi connectivity index (χ4n) is 1.88. The summed E-state index contributed by atoms with van der Waals surface area (Å²) >= 11 is 19.3. The molecule has 2 aromatic carbocycles. The van der Waals surface area contributed by atoms with Crippen LogP contribution in [0.2, 0.25) is 15.1 Å². The van der Waals surface area contributed by atoms with Crippen LogP contribution in [-0.4, -0.2) is 23.6 Å². The van der Waals surface area contributed by atoms with E-state index in [1.165, 1.54) is 5.56 Å². The molecule has 0 fully saturated rings. The van der Waals surface area contributed by atoms with Crippen molar-refractivity contribution in [2.45, 2.75) is 18.5 Å². The molecule has 0 bridgehead atoms. The van der Waals surface area contributed by atoms with E-state index in [1.807, 2.05) is 30.3 Å². The van der Waals surface area contributed by atoms with Gasteiger partial charge in [-0.05, 0) is 35.4 Å². The van der Waals surface area contributed by atoms with Gasteiger partial charge in [0.1, 0.15) is 0 Å². The van der Waals surface area contributed by atoms with Gasteiger partial charge < -0.3 is 9.84 Å². The van der Waals surface area contributed by atoms with E-state index in [1.54, 1.807) is 23.9 Å². The van der Waals surface area contributed by atoms with Gasteiger partial charge in [0.15, 0.2) is 0 Å². The maximum atomic E-state index is 9.93. The molecule has 2 nitrogen and oxygen atoms in total. The summed E-state index contributed by atoms with van der Waals surface area (Å²) in [6, 6.07) is 13.1. The second-order valence-electron chi connectivity index (χ2n) is 5.06. The van der Waals surface area contributed by atoms with Crippen molar-refractivity contribution in [2.75, 3.05) is 12.4 Å². The molecule has 2 rings (SSSR count). The summed E-state index contributed by atoms with van der Waals surface area (Å²) in [5.41, 5.74) is 2.11. The maximum absolute atomic E-state index is 9.93. The van der Waals surface area contributed by atoms with Gasteiger partial charge in [0.25, 0.3) is 0 Å². The number of aliphatic hydroxyl groups excluding tert-OH is 1. The van der Waals surface area contributed by atoms with Crippen molar-refractivity contribution >= 4 is 46.6 Å². The van der Waals surface area contributed by atoms with Crippen LogP contribution in [0.1, 0.15) is 11.1 Å². The van der Waals surface area contributed by atoms with Gasteiger partial charge in [0, 0.05) is 16.5 Å². The predicted octanol–water partition coefficient (Wildman–Crippen LogP) is 5.46. The van der Waals surface area contributed by atoms with Gasteiger partial charge in [-0.3, -0.25) is 0 Å². The summed E-state index contributed by atoms with van der Waals surface area (Å²) in [7, 11) is 0. The minimum atomic E-state index is -0.505. The Kier molecular flexibility index (Phi) is 8.04. The lowest BCUT2D eigenvalue weighted by Gasteiger charge is -2.11. The highest BCUT2D eigenvalue weighted by Gasteiger charge is 2.06. The highest BCUT2D eigenvalue weighted by molar-refractivity contribution is 7.98. The van der Waals surface area contributed by atoms with E-state index in [-0.39, 0.29) is 6.61 Å². The van der Waals surface area contributed by atoms with Crippen molar-refractivity contribution < 1.29 is 9.84 Å². The van der Waals surface area contributed by atoms with E-state index in [2.05, 4.69) is 0 Å². The SMILES string of the molecule is OC(COCc1ccc(Cl)c(Cl)c1)CSCc1ccc(Cl)cc1. The first-order chi connectivity index (χ1) is 11.0. The number of aliphatic hydroxyl groups is 1. The van der Waals surface area contributed by atoms with E-state index >= 15 is 0 Å². The van der Waals surface area contributed by atoms with E-state index < -0.39 is 6.10 Å². The smallest absolute Gasteiger partial charge is 0.0864 e. The molecule has 1 atom stereocenters. The fourth-order valence-corrected chi connectivity index (χ4v) is 3.24. The van der Waals surface area contributed by atoms with Crippen LogP contribution in [0.3, 0.4) is 0 Å². The number of ether oxygens (including phenoxy) is 1. The lowest BCUT2D eigenvalue weighted by molar-refractivity contribution is 0.0398. The molecule has 0 aromatic heterocycles. The standard InChI is InChI=1S/C17H17Cl3O2S/c18-14-4-1-12(2-5-14)10-23-11-15(21)9-22-8-13-3-6-16(19)17(20)7-13/h1-7,15,21H,8-11H2. The second kappa shape index (κ2) is 9.77. The Morgan fingerprint density at radius 1 is 0.957 bits per heavy atom. The van der Waals surface area contributed by atoms with Crippen molar-refractivity contribution in [2.24, 2.45) is 0 Å². The highest BCUT2D eigenvalue weighted by atomic mass is 35.5. The molecule has 0 heterocycles.